The predicted octanol–water partition coefficient (Wildman–Crippen LogP) is 1.76. The lowest BCUT2D eigenvalue weighted by molar-refractivity contribution is 0.0781. The van der Waals surface area contributed by atoms with Crippen LogP contribution in [0.25, 0.3) is 0 Å². The third-order valence-electron chi connectivity index (χ3n) is 2.73. The van der Waals surface area contributed by atoms with E-state index in [0.29, 0.717) is 6.54 Å². The van der Waals surface area contributed by atoms with Crippen molar-refractivity contribution in [3.05, 3.63) is 53.9 Å². The molecule has 0 saturated carbocycles. The van der Waals surface area contributed by atoms with E-state index in [1.807, 2.05) is 6.07 Å². The number of nitrogens with zero attached hydrogens (tertiary/aromatic N) is 2. The lowest BCUT2D eigenvalue weighted by Crippen LogP contribution is -2.26. The normalized spacial score (nSPS) is 10.2. The van der Waals surface area contributed by atoms with Crippen LogP contribution >= 0.6 is 0 Å². The second-order valence-corrected chi connectivity index (χ2v) is 4.20. The van der Waals surface area contributed by atoms with Crippen molar-refractivity contribution in [3.8, 4) is 11.5 Å². The number of para-hydroxylation sites is 1. The lowest BCUT2D eigenvalue weighted by Gasteiger charge is -2.17. The van der Waals surface area contributed by atoms with E-state index < -0.39 is 5.75 Å². The van der Waals surface area contributed by atoms with Gasteiger partial charge in [-0.1, -0.05) is 12.1 Å². The van der Waals surface area contributed by atoms with Gasteiger partial charge in [0.05, 0.1) is 5.56 Å². The molecule has 0 unspecified atom stereocenters. The predicted molar refractivity (Wildman–Crippen MR) is 69.8 cm³/mol. The van der Waals surface area contributed by atoms with Gasteiger partial charge in [0.25, 0.3) is 5.91 Å². The molecule has 0 aliphatic heterocycles. The number of aromatic nitrogens is 1. The third-order valence-corrected chi connectivity index (χ3v) is 2.73. The molecule has 0 spiro atoms. The van der Waals surface area contributed by atoms with Crippen molar-refractivity contribution >= 4 is 5.91 Å². The van der Waals surface area contributed by atoms with E-state index in [9.17, 15) is 15.0 Å². The fourth-order valence-electron chi connectivity index (χ4n) is 1.75. The minimum Gasteiger partial charge on any atom is -0.504 e. The van der Waals surface area contributed by atoms with Crippen molar-refractivity contribution in [2.75, 3.05) is 7.05 Å². The molecule has 1 heterocycles. The molecule has 0 radical (unpaired) electrons. The molecule has 5 heteroatoms. The topological polar surface area (TPSA) is 73.7 Å². The van der Waals surface area contributed by atoms with E-state index in [-0.39, 0.29) is 17.2 Å². The SMILES string of the molecule is CN(Cc1cccnc1)C(=O)c1cccc(O)c1O. The van der Waals surface area contributed by atoms with E-state index in [0.717, 1.165) is 5.56 Å². The maximum Gasteiger partial charge on any atom is 0.257 e. The van der Waals surface area contributed by atoms with Crippen LogP contribution in [0.5, 0.6) is 11.5 Å². The zero-order chi connectivity index (χ0) is 13.8. The number of carbonyl (C=O) groups is 1. The maximum atomic E-state index is 12.2. The van der Waals surface area contributed by atoms with Gasteiger partial charge in [-0.15, -0.1) is 0 Å². The van der Waals surface area contributed by atoms with E-state index in [4.69, 9.17) is 0 Å². The highest BCUT2D eigenvalue weighted by Gasteiger charge is 2.17. The first kappa shape index (κ1) is 12.9. The van der Waals surface area contributed by atoms with Crippen LogP contribution in [0.4, 0.5) is 0 Å². The Kier molecular flexibility index (Phi) is 3.66. The van der Waals surface area contributed by atoms with E-state index in [1.54, 1.807) is 25.5 Å². The number of benzene rings is 1. The Hall–Kier alpha value is -2.56. The molecule has 0 fully saturated rings. The molecule has 1 aromatic carbocycles. The lowest BCUT2D eigenvalue weighted by atomic mass is 10.1. The number of aromatic hydroxyl groups is 2. The van der Waals surface area contributed by atoms with Crippen LogP contribution in [-0.2, 0) is 6.54 Å². The zero-order valence-corrected chi connectivity index (χ0v) is 10.4. The average molecular weight is 258 g/mol. The zero-order valence-electron chi connectivity index (χ0n) is 10.4. The number of carbonyl (C=O) groups excluding carboxylic acids is 1. The van der Waals surface area contributed by atoms with Crippen molar-refractivity contribution in [2.45, 2.75) is 6.54 Å². The molecule has 0 aliphatic carbocycles. The van der Waals surface area contributed by atoms with Gasteiger partial charge in [0.15, 0.2) is 11.5 Å². The van der Waals surface area contributed by atoms with Crippen molar-refractivity contribution < 1.29 is 15.0 Å². The van der Waals surface area contributed by atoms with Crippen LogP contribution in [-0.4, -0.2) is 33.1 Å². The van der Waals surface area contributed by atoms with Crippen LogP contribution in [0, 0.1) is 0 Å². The Morgan fingerprint density at radius 3 is 2.74 bits per heavy atom. The Morgan fingerprint density at radius 2 is 2.05 bits per heavy atom. The van der Waals surface area contributed by atoms with E-state index in [1.165, 1.54) is 23.1 Å². The monoisotopic (exact) mass is 258 g/mol. The van der Waals surface area contributed by atoms with E-state index in [2.05, 4.69) is 4.98 Å². The van der Waals surface area contributed by atoms with Crippen molar-refractivity contribution in [2.24, 2.45) is 0 Å². The van der Waals surface area contributed by atoms with Crippen molar-refractivity contribution in [1.82, 2.24) is 9.88 Å². The summed E-state index contributed by atoms with van der Waals surface area (Å²) in [4.78, 5) is 17.6. The summed E-state index contributed by atoms with van der Waals surface area (Å²) >= 11 is 0. The molecule has 0 atom stereocenters. The molecule has 2 aromatic rings. The van der Waals surface area contributed by atoms with Gasteiger partial charge in [-0.05, 0) is 23.8 Å². The summed E-state index contributed by atoms with van der Waals surface area (Å²) in [5.74, 6) is -1.07. The Balaban J connectivity index is 2.18. The Bertz CT molecular complexity index is 584. The second-order valence-electron chi connectivity index (χ2n) is 4.20. The second kappa shape index (κ2) is 5.39. The van der Waals surface area contributed by atoms with Crippen molar-refractivity contribution in [3.63, 3.8) is 0 Å². The van der Waals surface area contributed by atoms with Crippen LogP contribution in [0.3, 0.4) is 0 Å². The van der Waals surface area contributed by atoms with Gasteiger partial charge in [-0.25, -0.2) is 0 Å². The highest BCUT2D eigenvalue weighted by atomic mass is 16.3. The standard InChI is InChI=1S/C14H14N2O3/c1-16(9-10-4-3-7-15-8-10)14(19)11-5-2-6-12(17)13(11)18/h2-8,17-18H,9H2,1H3. The number of phenolic OH excluding ortho intramolecular Hbond substituents is 2. The number of phenols is 2. The molecule has 2 N–H and O–H groups in total. The summed E-state index contributed by atoms with van der Waals surface area (Å²) in [6, 6.07) is 7.96. The largest absolute Gasteiger partial charge is 0.504 e. The van der Waals surface area contributed by atoms with Crippen molar-refractivity contribution in [1.29, 1.82) is 0 Å². The van der Waals surface area contributed by atoms with Gasteiger partial charge in [0, 0.05) is 26.0 Å². The molecule has 19 heavy (non-hydrogen) atoms. The smallest absolute Gasteiger partial charge is 0.257 e. The highest BCUT2D eigenvalue weighted by Crippen LogP contribution is 2.29. The third kappa shape index (κ3) is 2.82. The van der Waals surface area contributed by atoms with Crippen LogP contribution in [0.2, 0.25) is 0 Å². The highest BCUT2D eigenvalue weighted by molar-refractivity contribution is 5.97. The molecule has 1 aromatic heterocycles. The molecule has 0 saturated heterocycles. The number of pyridine rings is 1. The first-order valence-electron chi connectivity index (χ1n) is 5.75. The maximum absolute atomic E-state index is 12.2. The summed E-state index contributed by atoms with van der Waals surface area (Å²) in [6.45, 7) is 0.377. The van der Waals surface area contributed by atoms with Gasteiger partial charge in [0.1, 0.15) is 0 Å². The molecule has 98 valence electrons. The summed E-state index contributed by atoms with van der Waals surface area (Å²) in [5, 5.41) is 19.1. The fraction of sp³-hybridized carbons (Fsp3) is 0.143. The first-order chi connectivity index (χ1) is 9.09. The summed E-state index contributed by atoms with van der Waals surface area (Å²) < 4.78 is 0. The summed E-state index contributed by atoms with van der Waals surface area (Å²) in [6.07, 6.45) is 3.33. The molecule has 1 amide bonds. The van der Waals surface area contributed by atoms with Gasteiger partial charge in [0.2, 0.25) is 0 Å². The van der Waals surface area contributed by atoms with Gasteiger partial charge >= 0.3 is 0 Å². The molecular formula is C14H14N2O3. The Morgan fingerprint density at radius 1 is 1.26 bits per heavy atom. The quantitative estimate of drug-likeness (QED) is 0.823. The Labute approximate surface area is 110 Å². The molecule has 0 bridgehead atoms. The summed E-state index contributed by atoms with van der Waals surface area (Å²) in [7, 11) is 1.62. The van der Waals surface area contributed by atoms with Crippen LogP contribution < -0.4 is 0 Å². The minimum atomic E-state index is -0.398. The average Bonchev–Trinajstić information content (AvgIpc) is 2.42. The number of hydrogen-bond donors (Lipinski definition) is 2. The minimum absolute atomic E-state index is 0.0754. The number of amides is 1. The molecule has 0 aliphatic rings. The fourth-order valence-corrected chi connectivity index (χ4v) is 1.75. The summed E-state index contributed by atoms with van der Waals surface area (Å²) in [5.41, 5.74) is 0.962. The number of rotatable bonds is 3. The number of hydrogen-bond acceptors (Lipinski definition) is 4. The van der Waals surface area contributed by atoms with Gasteiger partial charge < -0.3 is 15.1 Å². The first-order valence-corrected chi connectivity index (χ1v) is 5.75. The molecule has 5 nitrogen and oxygen atoms in total. The van der Waals surface area contributed by atoms with Gasteiger partial charge in [-0.2, -0.15) is 0 Å². The van der Waals surface area contributed by atoms with E-state index >= 15 is 0 Å². The van der Waals surface area contributed by atoms with Crippen LogP contribution in [0.1, 0.15) is 15.9 Å². The van der Waals surface area contributed by atoms with Crippen LogP contribution in [0.15, 0.2) is 42.7 Å². The molecule has 2 rings (SSSR count). The van der Waals surface area contributed by atoms with Gasteiger partial charge in [-0.3, -0.25) is 9.78 Å². The molecular weight excluding hydrogens is 244 g/mol.